The highest BCUT2D eigenvalue weighted by molar-refractivity contribution is 7.18. The van der Waals surface area contributed by atoms with Crippen molar-refractivity contribution in [2.45, 2.75) is 38.3 Å². The molecule has 0 spiro atoms. The fourth-order valence-electron chi connectivity index (χ4n) is 3.64. The first kappa shape index (κ1) is 23.1. The van der Waals surface area contributed by atoms with E-state index in [0.717, 1.165) is 39.5 Å². The molecule has 2 aromatic heterocycles. The summed E-state index contributed by atoms with van der Waals surface area (Å²) < 4.78 is 1.77. The first-order chi connectivity index (χ1) is 16.2. The molecule has 0 bridgehead atoms. The van der Waals surface area contributed by atoms with Gasteiger partial charge in [0.1, 0.15) is 5.60 Å². The van der Waals surface area contributed by atoms with E-state index in [4.69, 9.17) is 23.2 Å². The molecule has 2 aromatic carbocycles. The number of hydrogen-bond acceptors (Lipinski definition) is 4. The van der Waals surface area contributed by atoms with Crippen LogP contribution in [-0.2, 0) is 5.60 Å². The van der Waals surface area contributed by atoms with E-state index in [0.29, 0.717) is 21.3 Å². The number of carbonyl (C=O) groups excluding carboxylic acids is 1. The minimum absolute atomic E-state index is 0.131. The first-order valence-corrected chi connectivity index (χ1v) is 12.6. The van der Waals surface area contributed by atoms with Crippen LogP contribution in [0.4, 0.5) is 0 Å². The van der Waals surface area contributed by atoms with Gasteiger partial charge in [0.25, 0.3) is 5.91 Å². The Bertz CT molecular complexity index is 1380. The molecule has 5 rings (SSSR count). The maximum atomic E-state index is 12.4. The highest BCUT2D eigenvalue weighted by atomic mass is 35.5. The molecule has 4 aromatic rings. The molecule has 2 N–H and O–H groups in total. The van der Waals surface area contributed by atoms with Gasteiger partial charge in [0.15, 0.2) is 0 Å². The van der Waals surface area contributed by atoms with E-state index in [2.05, 4.69) is 10.4 Å². The number of carbonyl (C=O) groups is 1. The SMILES string of the molecule is CC(C)(O)c1cc(-c2ccc(-c3ccc(C(=O)NC4CC4)c(Cl)c3)s2)n(-c2ccccc2Cl)n1. The van der Waals surface area contributed by atoms with E-state index < -0.39 is 5.60 Å². The lowest BCUT2D eigenvalue weighted by molar-refractivity contribution is 0.0734. The van der Waals surface area contributed by atoms with Crippen LogP contribution in [-0.4, -0.2) is 26.8 Å². The van der Waals surface area contributed by atoms with Crippen molar-refractivity contribution in [2.75, 3.05) is 0 Å². The third-order valence-electron chi connectivity index (χ3n) is 5.69. The topological polar surface area (TPSA) is 67.2 Å². The minimum atomic E-state index is -1.11. The number of benzene rings is 2. The number of hydrogen-bond donors (Lipinski definition) is 2. The largest absolute Gasteiger partial charge is 0.384 e. The standard InChI is InChI=1S/C26H23Cl2N3O2S/c1-26(2,33)24-14-21(31(30-24)20-6-4-3-5-18(20)27)23-12-11-22(34-23)15-7-10-17(19(28)13-15)25(32)29-16-8-9-16/h3-7,10-14,16,33H,8-9H2,1-2H3,(H,29,32). The highest BCUT2D eigenvalue weighted by Crippen LogP contribution is 2.39. The number of nitrogens with one attached hydrogen (secondary N) is 1. The van der Waals surface area contributed by atoms with Crippen molar-refractivity contribution >= 4 is 40.4 Å². The number of para-hydroxylation sites is 1. The van der Waals surface area contributed by atoms with Gasteiger partial charge < -0.3 is 10.4 Å². The van der Waals surface area contributed by atoms with Gasteiger partial charge in [-0.3, -0.25) is 4.79 Å². The van der Waals surface area contributed by atoms with Crippen LogP contribution in [0, 0.1) is 0 Å². The van der Waals surface area contributed by atoms with Gasteiger partial charge in [0, 0.05) is 10.9 Å². The van der Waals surface area contributed by atoms with Crippen molar-refractivity contribution in [2.24, 2.45) is 0 Å². The molecule has 8 heteroatoms. The molecule has 0 atom stereocenters. The van der Waals surface area contributed by atoms with E-state index in [9.17, 15) is 9.90 Å². The summed E-state index contributed by atoms with van der Waals surface area (Å²) in [6.07, 6.45) is 2.05. The van der Waals surface area contributed by atoms with E-state index in [1.807, 2.05) is 54.6 Å². The molecule has 5 nitrogen and oxygen atoms in total. The van der Waals surface area contributed by atoms with Crippen LogP contribution in [0.3, 0.4) is 0 Å². The molecule has 1 aliphatic rings. The maximum absolute atomic E-state index is 12.4. The Balaban J connectivity index is 1.51. The van der Waals surface area contributed by atoms with E-state index in [-0.39, 0.29) is 11.9 Å². The molecule has 1 aliphatic carbocycles. The molecule has 1 saturated carbocycles. The van der Waals surface area contributed by atoms with Crippen LogP contribution in [0.25, 0.3) is 26.7 Å². The molecule has 0 radical (unpaired) electrons. The molecular formula is C26H23Cl2N3O2S. The second-order valence-corrected chi connectivity index (χ2v) is 10.8. The van der Waals surface area contributed by atoms with Crippen LogP contribution < -0.4 is 5.32 Å². The van der Waals surface area contributed by atoms with Crippen molar-refractivity contribution in [1.82, 2.24) is 15.1 Å². The molecule has 1 fully saturated rings. The van der Waals surface area contributed by atoms with Crippen LogP contribution in [0.1, 0.15) is 42.7 Å². The first-order valence-electron chi connectivity index (χ1n) is 11.0. The predicted molar refractivity (Wildman–Crippen MR) is 138 cm³/mol. The van der Waals surface area contributed by atoms with E-state index >= 15 is 0 Å². The highest BCUT2D eigenvalue weighted by Gasteiger charge is 2.26. The van der Waals surface area contributed by atoms with Gasteiger partial charge in [0.05, 0.1) is 37.6 Å². The van der Waals surface area contributed by atoms with Crippen molar-refractivity contribution < 1.29 is 9.90 Å². The fraction of sp³-hybridized carbons (Fsp3) is 0.231. The average Bonchev–Trinajstić information content (AvgIpc) is 3.28. The lowest BCUT2D eigenvalue weighted by atomic mass is 10.1. The summed E-state index contributed by atoms with van der Waals surface area (Å²) in [5.41, 5.74) is 2.42. The molecule has 1 amide bonds. The molecular weight excluding hydrogens is 489 g/mol. The van der Waals surface area contributed by atoms with Gasteiger partial charge in [-0.2, -0.15) is 5.10 Å². The van der Waals surface area contributed by atoms with Crippen LogP contribution in [0.5, 0.6) is 0 Å². The fourth-order valence-corrected chi connectivity index (χ4v) is 5.12. The Morgan fingerprint density at radius 2 is 1.79 bits per heavy atom. The quantitative estimate of drug-likeness (QED) is 0.302. The van der Waals surface area contributed by atoms with Gasteiger partial charge in [-0.15, -0.1) is 11.3 Å². The molecule has 174 valence electrons. The summed E-state index contributed by atoms with van der Waals surface area (Å²) in [7, 11) is 0. The third kappa shape index (κ3) is 4.64. The van der Waals surface area contributed by atoms with Crippen LogP contribution in [0.2, 0.25) is 10.0 Å². The van der Waals surface area contributed by atoms with Gasteiger partial charge >= 0.3 is 0 Å². The maximum Gasteiger partial charge on any atom is 0.253 e. The number of amides is 1. The number of thiophene rings is 1. The van der Waals surface area contributed by atoms with Crippen molar-refractivity contribution in [3.8, 4) is 26.7 Å². The van der Waals surface area contributed by atoms with Crippen molar-refractivity contribution in [3.63, 3.8) is 0 Å². The van der Waals surface area contributed by atoms with Crippen LogP contribution >= 0.6 is 34.5 Å². The molecule has 0 aliphatic heterocycles. The predicted octanol–water partition coefficient (Wildman–Crippen LogP) is 6.69. The summed E-state index contributed by atoms with van der Waals surface area (Å²) in [6.45, 7) is 3.41. The molecule has 0 saturated heterocycles. The van der Waals surface area contributed by atoms with E-state index in [1.165, 1.54) is 0 Å². The Morgan fingerprint density at radius 1 is 1.06 bits per heavy atom. The molecule has 0 unspecified atom stereocenters. The van der Waals surface area contributed by atoms with Crippen LogP contribution in [0.15, 0.2) is 60.7 Å². The van der Waals surface area contributed by atoms with Gasteiger partial charge in [-0.1, -0.05) is 41.4 Å². The van der Waals surface area contributed by atoms with Crippen molar-refractivity contribution in [1.29, 1.82) is 0 Å². The zero-order valence-electron chi connectivity index (χ0n) is 18.7. The Labute approximate surface area is 212 Å². The van der Waals surface area contributed by atoms with Gasteiger partial charge in [-0.05, 0) is 74.7 Å². The number of aromatic nitrogens is 2. The Morgan fingerprint density at radius 3 is 2.47 bits per heavy atom. The zero-order valence-corrected chi connectivity index (χ0v) is 21.0. The number of aliphatic hydroxyl groups is 1. The monoisotopic (exact) mass is 511 g/mol. The summed E-state index contributed by atoms with van der Waals surface area (Å²) >= 11 is 14.5. The second kappa shape index (κ2) is 8.86. The summed E-state index contributed by atoms with van der Waals surface area (Å²) in [5, 5.41) is 19.2. The number of nitrogens with zero attached hydrogens (tertiary/aromatic N) is 2. The second-order valence-electron chi connectivity index (χ2n) is 8.94. The number of rotatable bonds is 6. The summed E-state index contributed by atoms with van der Waals surface area (Å²) in [4.78, 5) is 14.4. The summed E-state index contributed by atoms with van der Waals surface area (Å²) in [5.74, 6) is -0.131. The summed E-state index contributed by atoms with van der Waals surface area (Å²) in [6, 6.07) is 19.2. The molecule has 34 heavy (non-hydrogen) atoms. The average molecular weight is 512 g/mol. The van der Waals surface area contributed by atoms with E-state index in [1.54, 1.807) is 35.9 Å². The normalized spacial score (nSPS) is 13.8. The lowest BCUT2D eigenvalue weighted by Gasteiger charge is -2.13. The third-order valence-corrected chi connectivity index (χ3v) is 7.48. The smallest absolute Gasteiger partial charge is 0.253 e. The lowest BCUT2D eigenvalue weighted by Crippen LogP contribution is -2.25. The molecule has 2 heterocycles. The Kier molecular flexibility index (Phi) is 6.02. The zero-order chi connectivity index (χ0) is 24.0. The number of halogens is 2. The van der Waals surface area contributed by atoms with Crippen molar-refractivity contribution in [3.05, 3.63) is 82.0 Å². The van der Waals surface area contributed by atoms with Gasteiger partial charge in [-0.25, -0.2) is 4.68 Å². The minimum Gasteiger partial charge on any atom is -0.384 e. The Hall–Kier alpha value is -2.64. The van der Waals surface area contributed by atoms with Gasteiger partial charge in [0.2, 0.25) is 0 Å².